The van der Waals surface area contributed by atoms with Crippen molar-refractivity contribution in [1.82, 2.24) is 4.90 Å². The van der Waals surface area contributed by atoms with Gasteiger partial charge in [0.2, 0.25) is 5.91 Å². The van der Waals surface area contributed by atoms with E-state index >= 15 is 0 Å². The van der Waals surface area contributed by atoms with E-state index in [2.05, 4.69) is 17.7 Å². The first-order valence-corrected chi connectivity index (χ1v) is 13.9. The molecule has 0 saturated carbocycles. The van der Waals surface area contributed by atoms with Gasteiger partial charge in [0.1, 0.15) is 5.78 Å². The van der Waals surface area contributed by atoms with Gasteiger partial charge in [0.15, 0.2) is 23.0 Å². The fraction of sp³-hybridized carbons (Fsp3) is 0.469. The molecular formula is C32H39NO8. The topological polar surface area (TPSA) is 101 Å². The highest BCUT2D eigenvalue weighted by Gasteiger charge is 2.38. The second-order valence-electron chi connectivity index (χ2n) is 10.4. The van der Waals surface area contributed by atoms with Gasteiger partial charge < -0.3 is 28.6 Å². The van der Waals surface area contributed by atoms with Crippen molar-refractivity contribution in [2.24, 2.45) is 11.8 Å². The Morgan fingerprint density at radius 3 is 2.12 bits per heavy atom. The zero-order valence-corrected chi connectivity index (χ0v) is 24.7. The molecule has 2 aromatic rings. The van der Waals surface area contributed by atoms with Crippen LogP contribution < -0.4 is 18.9 Å². The molecule has 1 amide bonds. The normalized spacial score (nSPS) is 18.7. The lowest BCUT2D eigenvalue weighted by molar-refractivity contribution is -0.143. The van der Waals surface area contributed by atoms with Crippen molar-refractivity contribution in [3.05, 3.63) is 52.2 Å². The van der Waals surface area contributed by atoms with Crippen molar-refractivity contribution in [3.8, 4) is 23.0 Å². The van der Waals surface area contributed by atoms with Gasteiger partial charge in [-0.2, -0.15) is 0 Å². The summed E-state index contributed by atoms with van der Waals surface area (Å²) >= 11 is 0. The van der Waals surface area contributed by atoms with Gasteiger partial charge in [-0.15, -0.1) is 0 Å². The number of carbonyl (C=O) groups is 3. The van der Waals surface area contributed by atoms with Crippen LogP contribution in [-0.2, 0) is 38.4 Å². The molecule has 2 unspecified atom stereocenters. The Bertz CT molecular complexity index is 1350. The van der Waals surface area contributed by atoms with E-state index in [1.165, 1.54) is 12.8 Å². The van der Waals surface area contributed by atoms with Crippen molar-refractivity contribution in [2.45, 2.75) is 45.4 Å². The smallest absolute Gasteiger partial charge is 0.306 e. The number of amides is 1. The van der Waals surface area contributed by atoms with Crippen LogP contribution in [0.25, 0.3) is 6.08 Å². The van der Waals surface area contributed by atoms with Gasteiger partial charge in [-0.3, -0.25) is 14.4 Å². The molecule has 0 N–H and O–H groups in total. The van der Waals surface area contributed by atoms with Crippen molar-refractivity contribution < 1.29 is 38.1 Å². The lowest BCUT2D eigenvalue weighted by Gasteiger charge is -2.26. The van der Waals surface area contributed by atoms with Gasteiger partial charge in [0, 0.05) is 48.0 Å². The molecule has 2 aliphatic carbocycles. The standard InChI is InChI=1S/C17H21NO3.C15H18O5/c1-4-7-18-14-9-11-5-6-15(20-2)17(21-3)13(11)8-12(14)10-16(18)19;1-18-13-5-4-9-7-12(16)10(8-14(17)19-2)6-11(9)15(13)20-3/h5-6,9,12H,4,7-8,10H2,1-3H3;4-5,10H,6-8H2,1-3H3. The minimum absolute atomic E-state index is 0.0649. The van der Waals surface area contributed by atoms with Gasteiger partial charge >= 0.3 is 5.97 Å². The molecule has 5 rings (SSSR count). The van der Waals surface area contributed by atoms with E-state index in [4.69, 9.17) is 18.9 Å². The van der Waals surface area contributed by atoms with Crippen molar-refractivity contribution in [3.63, 3.8) is 0 Å². The van der Waals surface area contributed by atoms with Gasteiger partial charge in [-0.1, -0.05) is 19.1 Å². The number of methoxy groups -OCH3 is 5. The number of carbonyl (C=O) groups excluding carboxylic acids is 3. The molecule has 2 aromatic carbocycles. The highest BCUT2D eigenvalue weighted by atomic mass is 16.5. The Morgan fingerprint density at radius 2 is 1.51 bits per heavy atom. The van der Waals surface area contributed by atoms with Crippen LogP contribution in [0.5, 0.6) is 23.0 Å². The molecule has 0 radical (unpaired) electrons. The average Bonchev–Trinajstić information content (AvgIpc) is 3.28. The van der Waals surface area contributed by atoms with Crippen LogP contribution >= 0.6 is 0 Å². The van der Waals surface area contributed by atoms with E-state index in [0.717, 1.165) is 53.1 Å². The van der Waals surface area contributed by atoms with Crippen LogP contribution in [0.4, 0.5) is 0 Å². The highest BCUT2D eigenvalue weighted by molar-refractivity contribution is 5.89. The molecule has 1 aliphatic heterocycles. The lowest BCUT2D eigenvalue weighted by atomic mass is 9.80. The number of rotatable bonds is 8. The van der Waals surface area contributed by atoms with Crippen LogP contribution in [0.1, 0.15) is 48.4 Å². The first-order chi connectivity index (χ1) is 19.8. The largest absolute Gasteiger partial charge is 0.493 e. The number of likely N-dealkylation sites (tertiary alicyclic amines) is 1. The van der Waals surface area contributed by atoms with E-state index in [1.807, 2.05) is 23.1 Å². The number of hydrogen-bond donors (Lipinski definition) is 0. The molecule has 2 atom stereocenters. The third-order valence-corrected chi connectivity index (χ3v) is 7.99. The zero-order valence-electron chi connectivity index (χ0n) is 24.7. The minimum atomic E-state index is -0.367. The molecule has 220 valence electrons. The van der Waals surface area contributed by atoms with E-state index in [-0.39, 0.29) is 35.9 Å². The summed E-state index contributed by atoms with van der Waals surface area (Å²) in [6.07, 6.45) is 5.47. The molecule has 1 saturated heterocycles. The van der Waals surface area contributed by atoms with Gasteiger partial charge in [-0.05, 0) is 48.6 Å². The second-order valence-corrected chi connectivity index (χ2v) is 10.4. The fourth-order valence-electron chi connectivity index (χ4n) is 5.98. The van der Waals surface area contributed by atoms with Crippen LogP contribution in [0.15, 0.2) is 30.0 Å². The Labute approximate surface area is 241 Å². The molecule has 0 aromatic heterocycles. The first kappa shape index (κ1) is 30.0. The van der Waals surface area contributed by atoms with Crippen molar-refractivity contribution >= 4 is 23.7 Å². The summed E-state index contributed by atoms with van der Waals surface area (Å²) in [6, 6.07) is 7.65. The number of Topliss-reactive ketones (excluding diaryl/α,β-unsaturated/α-hetero) is 1. The van der Waals surface area contributed by atoms with Crippen molar-refractivity contribution in [1.29, 1.82) is 0 Å². The number of nitrogens with zero attached hydrogens (tertiary/aromatic N) is 1. The summed E-state index contributed by atoms with van der Waals surface area (Å²) in [5.41, 5.74) is 5.34. The molecule has 9 heteroatoms. The summed E-state index contributed by atoms with van der Waals surface area (Å²) in [4.78, 5) is 37.6. The van der Waals surface area contributed by atoms with Gasteiger partial charge in [0.05, 0.1) is 42.0 Å². The number of esters is 1. The number of ether oxygens (including phenoxy) is 5. The second kappa shape index (κ2) is 13.1. The molecule has 41 heavy (non-hydrogen) atoms. The molecule has 3 aliphatic rings. The summed E-state index contributed by atoms with van der Waals surface area (Å²) in [7, 11) is 7.79. The summed E-state index contributed by atoms with van der Waals surface area (Å²) in [5, 5.41) is 0. The Balaban J connectivity index is 0.000000189. The highest BCUT2D eigenvalue weighted by Crippen LogP contribution is 2.44. The van der Waals surface area contributed by atoms with Crippen LogP contribution in [-0.4, -0.2) is 64.7 Å². The third kappa shape index (κ3) is 6.04. The lowest BCUT2D eigenvalue weighted by Crippen LogP contribution is -2.28. The van der Waals surface area contributed by atoms with Gasteiger partial charge in [0.25, 0.3) is 0 Å². The Morgan fingerprint density at radius 1 is 0.854 bits per heavy atom. The summed E-state index contributed by atoms with van der Waals surface area (Å²) in [6.45, 7) is 2.91. The van der Waals surface area contributed by atoms with E-state index < -0.39 is 0 Å². The van der Waals surface area contributed by atoms with E-state index in [9.17, 15) is 14.4 Å². The summed E-state index contributed by atoms with van der Waals surface area (Å²) < 4.78 is 26.2. The van der Waals surface area contributed by atoms with Crippen LogP contribution in [0.2, 0.25) is 0 Å². The van der Waals surface area contributed by atoms with Crippen molar-refractivity contribution in [2.75, 3.05) is 42.1 Å². The molecule has 1 fully saturated rings. The number of fused-ring (bicyclic) bond motifs is 3. The average molecular weight is 566 g/mol. The zero-order chi connectivity index (χ0) is 29.7. The maximum absolute atomic E-state index is 12.2. The molecular weight excluding hydrogens is 526 g/mol. The number of benzene rings is 2. The maximum atomic E-state index is 12.2. The van der Waals surface area contributed by atoms with Crippen LogP contribution in [0, 0.1) is 11.8 Å². The Hall–Kier alpha value is -4.01. The first-order valence-electron chi connectivity index (χ1n) is 13.9. The predicted molar refractivity (Wildman–Crippen MR) is 153 cm³/mol. The monoisotopic (exact) mass is 565 g/mol. The molecule has 9 nitrogen and oxygen atoms in total. The number of ketones is 1. The third-order valence-electron chi connectivity index (χ3n) is 7.99. The van der Waals surface area contributed by atoms with E-state index in [1.54, 1.807) is 34.5 Å². The number of allylic oxidation sites excluding steroid dienone is 1. The summed E-state index contributed by atoms with van der Waals surface area (Å²) in [5.74, 6) is 2.70. The minimum Gasteiger partial charge on any atom is -0.493 e. The van der Waals surface area contributed by atoms with Crippen LogP contribution in [0.3, 0.4) is 0 Å². The molecule has 0 spiro atoms. The SMILES string of the molecule is CCCN1C(=O)CC2Cc3c(ccc(OC)c3OC)C=C21.COC(=O)CC1Cc2c(ccc(OC)c2OC)CC1=O. The Kier molecular flexibility index (Phi) is 9.57. The number of hydrogen-bond acceptors (Lipinski definition) is 8. The predicted octanol–water partition coefficient (Wildman–Crippen LogP) is 4.41. The molecule has 0 bridgehead atoms. The fourth-order valence-corrected chi connectivity index (χ4v) is 5.98. The molecule has 1 heterocycles. The quantitative estimate of drug-likeness (QED) is 0.434. The van der Waals surface area contributed by atoms with Gasteiger partial charge in [-0.25, -0.2) is 0 Å². The van der Waals surface area contributed by atoms with E-state index in [0.29, 0.717) is 30.8 Å². The maximum Gasteiger partial charge on any atom is 0.306 e.